The summed E-state index contributed by atoms with van der Waals surface area (Å²) in [7, 11) is 0. The first-order valence-electron chi connectivity index (χ1n) is 10.1. The Morgan fingerprint density at radius 2 is 1.58 bits per heavy atom. The van der Waals surface area contributed by atoms with Crippen LogP contribution in [0.2, 0.25) is 0 Å². The molecule has 0 amide bonds. The molecule has 1 unspecified atom stereocenters. The van der Waals surface area contributed by atoms with E-state index in [0.29, 0.717) is 33.6 Å². The number of aryl methyl sites for hydroxylation is 1. The van der Waals surface area contributed by atoms with Crippen LogP contribution in [-0.4, -0.2) is 23.2 Å². The monoisotopic (exact) mass is 440 g/mol. The molecule has 4 nitrogen and oxygen atoms in total. The first kappa shape index (κ1) is 28.3. The van der Waals surface area contributed by atoms with Crippen LogP contribution in [0.3, 0.4) is 0 Å². The van der Waals surface area contributed by atoms with Crippen LogP contribution in [0.5, 0.6) is 11.5 Å². The molecule has 31 heavy (non-hydrogen) atoms. The van der Waals surface area contributed by atoms with Gasteiger partial charge in [-0.15, -0.1) is 13.2 Å². The predicted octanol–water partition coefficient (Wildman–Crippen LogP) is 6.31. The first-order valence-corrected chi connectivity index (χ1v) is 10.1. The number of aliphatic hydroxyl groups excluding tert-OH is 2. The highest BCUT2D eigenvalue weighted by Gasteiger charge is 2.31. The minimum Gasteiger partial charge on any atom is -0.407 e. The van der Waals surface area contributed by atoms with Crippen molar-refractivity contribution >= 4 is 0 Å². The topological polar surface area (TPSA) is 58.9 Å². The number of hydrogen-bond acceptors (Lipinski definition) is 4. The van der Waals surface area contributed by atoms with Gasteiger partial charge in [0.25, 0.3) is 0 Å². The van der Waals surface area contributed by atoms with Gasteiger partial charge in [0.05, 0.1) is 6.61 Å². The van der Waals surface area contributed by atoms with Gasteiger partial charge < -0.3 is 19.7 Å². The van der Waals surface area contributed by atoms with Crippen molar-refractivity contribution in [3.8, 4) is 34.7 Å². The average molecular weight is 441 g/mol. The zero-order valence-electron chi connectivity index (χ0n) is 19.0. The molecule has 0 bridgehead atoms. The Labute approximate surface area is 182 Å². The fourth-order valence-electron chi connectivity index (χ4n) is 2.78. The minimum atomic E-state index is -4.75. The number of hydrogen-bond donors (Lipinski definition) is 2. The zero-order valence-corrected chi connectivity index (χ0v) is 19.0. The van der Waals surface area contributed by atoms with Crippen molar-refractivity contribution in [3.63, 3.8) is 0 Å². The van der Waals surface area contributed by atoms with E-state index in [1.165, 1.54) is 24.3 Å². The summed E-state index contributed by atoms with van der Waals surface area (Å²) in [6.45, 7) is 12.6. The molecule has 2 rings (SSSR count). The quantitative estimate of drug-likeness (QED) is 0.535. The second-order valence-corrected chi connectivity index (χ2v) is 5.83. The highest BCUT2D eigenvalue weighted by Crippen LogP contribution is 2.39. The summed E-state index contributed by atoms with van der Waals surface area (Å²) in [6.07, 6.45) is -3.42. The molecule has 0 heterocycles. The molecule has 172 valence electrons. The fraction of sp³-hybridized carbons (Fsp3) is 0.417. The summed E-state index contributed by atoms with van der Waals surface area (Å²) in [5, 5.41) is 19.4. The molecule has 0 fully saturated rings. The van der Waals surface area contributed by atoms with Crippen molar-refractivity contribution in [2.75, 3.05) is 6.61 Å². The van der Waals surface area contributed by atoms with E-state index < -0.39 is 19.1 Å². The molecule has 1 atom stereocenters. The maximum Gasteiger partial charge on any atom is 0.573 e. The van der Waals surface area contributed by atoms with Gasteiger partial charge >= 0.3 is 6.36 Å². The van der Waals surface area contributed by atoms with E-state index in [1.54, 1.807) is 26.8 Å². The van der Waals surface area contributed by atoms with Crippen LogP contribution in [0.25, 0.3) is 11.1 Å². The zero-order chi connectivity index (χ0) is 24.2. The summed E-state index contributed by atoms with van der Waals surface area (Å²) in [5.41, 5.74) is 3.05. The number of alkyl halides is 3. The van der Waals surface area contributed by atoms with Gasteiger partial charge in [-0.05, 0) is 42.7 Å². The van der Waals surface area contributed by atoms with Crippen molar-refractivity contribution in [3.05, 3.63) is 47.0 Å². The van der Waals surface area contributed by atoms with Crippen LogP contribution in [0, 0.1) is 25.9 Å². The van der Waals surface area contributed by atoms with Gasteiger partial charge in [0.2, 0.25) is 0 Å². The molecule has 2 aromatic carbocycles. The molecule has 7 heteroatoms. The third kappa shape index (κ3) is 8.16. The van der Waals surface area contributed by atoms with Gasteiger partial charge in [-0.1, -0.05) is 51.8 Å². The minimum absolute atomic E-state index is 0.316. The van der Waals surface area contributed by atoms with Gasteiger partial charge in [0, 0.05) is 18.1 Å². The molecule has 0 saturated carbocycles. The number of rotatable bonds is 5. The smallest absolute Gasteiger partial charge is 0.407 e. The Morgan fingerprint density at radius 3 is 2.03 bits per heavy atom. The molecule has 0 aliphatic carbocycles. The number of aliphatic hydroxyl groups is 2. The van der Waals surface area contributed by atoms with Crippen LogP contribution in [0.15, 0.2) is 30.3 Å². The van der Waals surface area contributed by atoms with Crippen molar-refractivity contribution in [2.45, 2.75) is 60.9 Å². The summed E-state index contributed by atoms with van der Waals surface area (Å²) in [4.78, 5) is 0. The average Bonchev–Trinajstić information content (AvgIpc) is 2.75. The lowest BCUT2D eigenvalue weighted by atomic mass is 9.91. The second-order valence-electron chi connectivity index (χ2n) is 5.83. The Balaban J connectivity index is 0.00000212. The summed E-state index contributed by atoms with van der Waals surface area (Å²) >= 11 is 0. The Kier molecular flexibility index (Phi) is 12.4. The second kappa shape index (κ2) is 13.6. The van der Waals surface area contributed by atoms with E-state index in [4.69, 9.17) is 4.74 Å². The summed E-state index contributed by atoms with van der Waals surface area (Å²) in [6, 6.07) is 7.22. The van der Waals surface area contributed by atoms with Gasteiger partial charge in [0.15, 0.2) is 0 Å². The van der Waals surface area contributed by atoms with Gasteiger partial charge in [-0.25, -0.2) is 0 Å². The van der Waals surface area contributed by atoms with Crippen molar-refractivity contribution < 1.29 is 32.9 Å². The fourth-order valence-corrected chi connectivity index (χ4v) is 2.78. The molecule has 0 radical (unpaired) electrons. The van der Waals surface area contributed by atoms with Crippen LogP contribution in [-0.2, 0) is 0 Å². The summed E-state index contributed by atoms with van der Waals surface area (Å²) in [5.74, 6) is 2.59. The van der Waals surface area contributed by atoms with E-state index in [1.807, 2.05) is 27.7 Å². The van der Waals surface area contributed by atoms with Gasteiger partial charge in [-0.3, -0.25) is 0 Å². The van der Waals surface area contributed by atoms with Crippen molar-refractivity contribution in [1.29, 1.82) is 0 Å². The summed E-state index contributed by atoms with van der Waals surface area (Å²) < 4.78 is 46.3. The van der Waals surface area contributed by atoms with Crippen LogP contribution >= 0.6 is 0 Å². The number of ether oxygens (including phenoxy) is 2. The number of halogens is 3. The SMILES string of the molecule is CC.CC.CC#COc1c(C)c(-c2ccc(OC(F)(F)F)cc2)cc(C)c1C(O)CO. The molecule has 0 aromatic heterocycles. The van der Waals surface area contributed by atoms with Crippen LogP contribution < -0.4 is 9.47 Å². The molecule has 2 N–H and O–H groups in total. The normalized spacial score (nSPS) is 11.0. The molecular formula is C24H31F3O4. The van der Waals surface area contributed by atoms with Crippen LogP contribution in [0.1, 0.15) is 57.4 Å². The Morgan fingerprint density at radius 1 is 1.03 bits per heavy atom. The lowest BCUT2D eigenvalue weighted by Gasteiger charge is -2.20. The van der Waals surface area contributed by atoms with E-state index in [2.05, 4.69) is 16.8 Å². The lowest BCUT2D eigenvalue weighted by Crippen LogP contribution is -2.16. The van der Waals surface area contributed by atoms with Crippen molar-refractivity contribution in [1.82, 2.24) is 0 Å². The number of benzene rings is 2. The standard InChI is InChI=1S/C20H19F3O4.2C2H6/c1-4-9-26-19-13(3)16(10-12(2)18(19)17(25)11-24)14-5-7-15(8-6-14)27-20(21,22)23;2*1-2/h5-8,10,17,24-25H,11H2,1-3H3;2*1-2H3. The lowest BCUT2D eigenvalue weighted by molar-refractivity contribution is -0.274. The van der Waals surface area contributed by atoms with Crippen LogP contribution in [0.4, 0.5) is 13.2 Å². The highest BCUT2D eigenvalue weighted by molar-refractivity contribution is 5.73. The molecule has 0 saturated heterocycles. The Bertz CT molecular complexity index is 864. The maximum atomic E-state index is 12.3. The molecule has 0 aliphatic rings. The largest absolute Gasteiger partial charge is 0.573 e. The first-order chi connectivity index (χ1) is 14.7. The molecule has 0 aliphatic heterocycles. The van der Waals surface area contributed by atoms with E-state index >= 15 is 0 Å². The predicted molar refractivity (Wildman–Crippen MR) is 117 cm³/mol. The third-order valence-corrected chi connectivity index (χ3v) is 3.94. The molecular weight excluding hydrogens is 409 g/mol. The molecule has 0 spiro atoms. The van der Waals surface area contributed by atoms with Gasteiger partial charge in [0.1, 0.15) is 23.7 Å². The van der Waals surface area contributed by atoms with Crippen molar-refractivity contribution in [2.24, 2.45) is 0 Å². The Hall–Kier alpha value is -2.69. The van der Waals surface area contributed by atoms with E-state index in [-0.39, 0.29) is 5.75 Å². The van der Waals surface area contributed by atoms with Gasteiger partial charge in [-0.2, -0.15) is 0 Å². The van der Waals surface area contributed by atoms with E-state index in [0.717, 1.165) is 0 Å². The highest BCUT2D eigenvalue weighted by atomic mass is 19.4. The third-order valence-electron chi connectivity index (χ3n) is 3.94. The van der Waals surface area contributed by atoms with E-state index in [9.17, 15) is 23.4 Å². The maximum absolute atomic E-state index is 12.3. The molecule has 2 aromatic rings.